The third-order valence-electron chi connectivity index (χ3n) is 0. The van der Waals surface area contributed by atoms with E-state index in [0.29, 0.717) is 0 Å². The van der Waals surface area contributed by atoms with Crippen LogP contribution >= 0.6 is 0 Å². The van der Waals surface area contributed by atoms with Gasteiger partial charge in [0.1, 0.15) is 0 Å². The van der Waals surface area contributed by atoms with Gasteiger partial charge in [0.15, 0.2) is 0 Å². The summed E-state index contributed by atoms with van der Waals surface area (Å²) >= 11 is 0. The molecule has 0 rings (SSSR count). The molecule has 0 aliphatic rings. The van der Waals surface area contributed by atoms with Crippen LogP contribution in [0.2, 0.25) is 0 Å². The largest absolute Gasteiger partial charge is 0.761 e. The molecule has 0 aliphatic heterocycles. The molecule has 0 aliphatic carbocycles. The molecule has 0 atom stereocenters. The van der Waals surface area contributed by atoms with Crippen molar-refractivity contribution in [2.24, 2.45) is 0 Å². The van der Waals surface area contributed by atoms with Crippen molar-refractivity contribution in [1.82, 2.24) is 0 Å². The second-order valence-corrected chi connectivity index (χ2v) is 3.32. The van der Waals surface area contributed by atoms with Crippen LogP contribution in [0.3, 0.4) is 0 Å². The summed E-state index contributed by atoms with van der Waals surface area (Å²) in [5.41, 5.74) is 0. The second kappa shape index (κ2) is 14.4. The molecule has 13 nitrogen and oxygen atoms in total. The molecule has 0 aromatic heterocycles. The SMILES string of the molecule is O=C(O)O.O=S(=O)(O)O.O=[Si](O)O.O=[Si](O)O. The molecule has 0 radical (unpaired) electrons. The van der Waals surface area contributed by atoms with E-state index in [2.05, 4.69) is 0 Å². The van der Waals surface area contributed by atoms with Gasteiger partial charge in [-0.3, -0.25) is 18.0 Å². The standard InChI is InChI=1S/CH2O3.H2O4S.2H2O3Si/c2-1(3)4;1-5(2,3)4;2*1-4(2)3/h(H2,2,3,4);(H2,1,2,3,4);2*1-2H. The van der Waals surface area contributed by atoms with Gasteiger partial charge in [-0.15, -0.1) is 0 Å². The zero-order chi connectivity index (χ0) is 15.2. The van der Waals surface area contributed by atoms with Gasteiger partial charge in [-0.25, -0.2) is 4.79 Å². The van der Waals surface area contributed by atoms with Crippen molar-refractivity contribution >= 4 is 34.9 Å². The number of hydrogen-bond acceptors (Lipinski definition) is 5. The summed E-state index contributed by atoms with van der Waals surface area (Å²) in [6, 6.07) is 0. The first kappa shape index (κ1) is 24.6. The van der Waals surface area contributed by atoms with Crippen molar-refractivity contribution in [3.05, 3.63) is 0 Å². The molecule has 0 aromatic rings. The zero-order valence-corrected chi connectivity index (χ0v) is 10.3. The molecule has 0 saturated heterocycles. The summed E-state index contributed by atoms with van der Waals surface area (Å²) in [5.74, 6) is 0. The van der Waals surface area contributed by atoms with E-state index in [9.17, 15) is 0 Å². The summed E-state index contributed by atoms with van der Waals surface area (Å²) in [5, 5.41) is 13.9. The Bertz CT molecular complexity index is 266. The molecule has 104 valence electrons. The lowest BCUT2D eigenvalue weighted by Crippen LogP contribution is -1.90. The Kier molecular flexibility index (Phi) is 20.8. The first-order valence-electron chi connectivity index (χ1n) is 2.65. The summed E-state index contributed by atoms with van der Waals surface area (Å²) in [7, 11) is -10.9. The normalized spacial score (nSPS) is 7.65. The Hall–Kier alpha value is -1.63. The van der Waals surface area contributed by atoms with E-state index >= 15 is 0 Å². The highest BCUT2D eigenvalue weighted by Gasteiger charge is 1.85. The first-order valence-corrected chi connectivity index (χ1v) is 6.65. The molecule has 16 heteroatoms. The number of rotatable bonds is 0. The van der Waals surface area contributed by atoms with Crippen LogP contribution in [0, 0.1) is 0 Å². The van der Waals surface area contributed by atoms with E-state index in [0.717, 1.165) is 0 Å². The number of carboxylic acid groups (broad SMARTS) is 2. The summed E-state index contributed by atoms with van der Waals surface area (Å²) in [6.07, 6.45) is -1.83. The number of hydrogen-bond donors (Lipinski definition) is 8. The van der Waals surface area contributed by atoms with Crippen LogP contribution < -0.4 is 0 Å². The molecule has 0 aromatic carbocycles. The average Bonchev–Trinajstić information content (AvgIpc) is 1.73. The van der Waals surface area contributed by atoms with Gasteiger partial charge in [-0.2, -0.15) is 8.42 Å². The van der Waals surface area contributed by atoms with Crippen LogP contribution in [0.15, 0.2) is 0 Å². The highest BCUT2D eigenvalue weighted by Crippen LogP contribution is 1.59. The van der Waals surface area contributed by atoms with Gasteiger partial charge >= 0.3 is 34.9 Å². The van der Waals surface area contributed by atoms with Crippen molar-refractivity contribution < 1.29 is 60.6 Å². The van der Waals surface area contributed by atoms with Crippen molar-refractivity contribution in [3.63, 3.8) is 0 Å². The lowest BCUT2D eigenvalue weighted by molar-refractivity contribution is 0.137. The summed E-state index contributed by atoms with van der Waals surface area (Å²) < 4.78 is 49.1. The minimum atomic E-state index is -4.67. The van der Waals surface area contributed by atoms with Gasteiger partial charge in [0.2, 0.25) is 0 Å². The van der Waals surface area contributed by atoms with E-state index in [1.165, 1.54) is 0 Å². The molecule has 0 heterocycles. The van der Waals surface area contributed by atoms with Crippen molar-refractivity contribution in [1.29, 1.82) is 0 Å². The average molecular weight is 316 g/mol. The fraction of sp³-hybridized carbons (Fsp3) is 0. The smallest absolute Gasteiger partial charge is 0.511 e. The Morgan fingerprint density at radius 2 is 0.824 bits per heavy atom. The van der Waals surface area contributed by atoms with Crippen LogP contribution in [-0.2, 0) is 19.3 Å². The second-order valence-electron chi connectivity index (χ2n) is 1.30. The summed E-state index contributed by atoms with van der Waals surface area (Å²) in [6.45, 7) is 0. The molecular weight excluding hydrogens is 308 g/mol. The predicted octanol–water partition coefficient (Wildman–Crippen LogP) is -3.66. The Morgan fingerprint density at radius 3 is 0.824 bits per heavy atom. The number of carbonyl (C=O) groups is 1. The molecule has 0 saturated carbocycles. The van der Waals surface area contributed by atoms with Crippen LogP contribution in [0.5, 0.6) is 0 Å². The van der Waals surface area contributed by atoms with Crippen molar-refractivity contribution in [2.45, 2.75) is 0 Å². The Labute approximate surface area is 96.2 Å². The monoisotopic (exact) mass is 316 g/mol. The van der Waals surface area contributed by atoms with E-state index in [-0.39, 0.29) is 0 Å². The maximum Gasteiger partial charge on any atom is 0.761 e. The molecule has 8 N–H and O–H groups in total. The van der Waals surface area contributed by atoms with E-state index in [1.807, 2.05) is 0 Å². The molecular formula is CH8O13SSi2. The Morgan fingerprint density at radius 1 is 0.824 bits per heavy atom. The van der Waals surface area contributed by atoms with E-state index in [4.69, 9.17) is 60.6 Å². The molecule has 0 bridgehead atoms. The fourth-order valence-electron chi connectivity index (χ4n) is 0. The van der Waals surface area contributed by atoms with Crippen LogP contribution in [0.4, 0.5) is 4.79 Å². The summed E-state index contributed by atoms with van der Waals surface area (Å²) in [4.78, 5) is 37.2. The maximum atomic E-state index is 8.74. The highest BCUT2D eigenvalue weighted by atomic mass is 32.3. The van der Waals surface area contributed by atoms with Crippen LogP contribution in [0.25, 0.3) is 0 Å². The first-order chi connectivity index (χ1) is 7.20. The van der Waals surface area contributed by atoms with Gasteiger partial charge in [-0.05, 0) is 0 Å². The molecule has 0 spiro atoms. The minimum absolute atomic E-state index is 1.83. The lowest BCUT2D eigenvalue weighted by Gasteiger charge is -1.68. The molecule has 0 unspecified atom stereocenters. The van der Waals surface area contributed by atoms with E-state index < -0.39 is 34.9 Å². The topological polar surface area (TPSA) is 247 Å². The fourth-order valence-corrected chi connectivity index (χ4v) is 0. The molecule has 17 heavy (non-hydrogen) atoms. The quantitative estimate of drug-likeness (QED) is 0.159. The third kappa shape index (κ3) is 832. The molecule has 0 amide bonds. The van der Waals surface area contributed by atoms with Crippen molar-refractivity contribution in [2.75, 3.05) is 0 Å². The van der Waals surface area contributed by atoms with Gasteiger partial charge in [0.05, 0.1) is 0 Å². The maximum absolute atomic E-state index is 8.74. The van der Waals surface area contributed by atoms with Gasteiger partial charge in [0.25, 0.3) is 0 Å². The Balaban J connectivity index is -0.0000000667. The highest BCUT2D eigenvalue weighted by molar-refractivity contribution is 7.79. The molecule has 0 fully saturated rings. The van der Waals surface area contributed by atoms with E-state index in [1.54, 1.807) is 0 Å². The third-order valence-corrected chi connectivity index (χ3v) is 0. The lowest BCUT2D eigenvalue weighted by atomic mass is 11.5. The van der Waals surface area contributed by atoms with Crippen LogP contribution in [-0.4, -0.2) is 71.4 Å². The van der Waals surface area contributed by atoms with Crippen LogP contribution in [0.1, 0.15) is 0 Å². The minimum Gasteiger partial charge on any atom is -0.511 e. The zero-order valence-electron chi connectivity index (χ0n) is 7.53. The van der Waals surface area contributed by atoms with Crippen molar-refractivity contribution in [3.8, 4) is 0 Å². The predicted molar refractivity (Wildman–Crippen MR) is 46.6 cm³/mol. The van der Waals surface area contributed by atoms with Gasteiger partial charge < -0.3 is 29.4 Å². The van der Waals surface area contributed by atoms with Gasteiger partial charge in [0, 0.05) is 0 Å². The van der Waals surface area contributed by atoms with Gasteiger partial charge in [-0.1, -0.05) is 0 Å².